The second kappa shape index (κ2) is 11.8. The highest BCUT2D eigenvalue weighted by atomic mass is 79.9. The number of aliphatic hydroxyl groups is 1. The lowest BCUT2D eigenvalue weighted by Crippen LogP contribution is -2.43. The number of anilines is 1. The first kappa shape index (κ1) is 26.4. The molecule has 2 heterocycles. The van der Waals surface area contributed by atoms with E-state index in [0.717, 1.165) is 24.1 Å². The SMILES string of the molecule is COC(C)(C)CCCC(C)c1cnc(NC(=O)[C@H](C)NC(=O)[C@@H](O)c2cncc(Br)c2)s1. The molecule has 0 saturated carbocycles. The van der Waals surface area contributed by atoms with Gasteiger partial charge in [-0.25, -0.2) is 4.98 Å². The number of aliphatic hydroxyl groups excluding tert-OH is 1. The van der Waals surface area contributed by atoms with Gasteiger partial charge in [0.05, 0.1) is 5.60 Å². The van der Waals surface area contributed by atoms with Crippen molar-refractivity contribution in [2.45, 2.75) is 70.6 Å². The fourth-order valence-electron chi connectivity index (χ4n) is 2.95. The number of nitrogens with zero attached hydrogens (tertiary/aromatic N) is 2. The second-order valence-corrected chi connectivity index (χ2v) is 10.4. The zero-order valence-corrected chi connectivity index (χ0v) is 21.4. The van der Waals surface area contributed by atoms with E-state index in [-0.39, 0.29) is 5.60 Å². The number of nitrogens with one attached hydrogen (secondary N) is 2. The molecule has 0 spiro atoms. The van der Waals surface area contributed by atoms with Gasteiger partial charge in [-0.15, -0.1) is 11.3 Å². The normalized spacial score (nSPS) is 14.5. The Balaban J connectivity index is 1.85. The van der Waals surface area contributed by atoms with E-state index < -0.39 is 24.0 Å². The van der Waals surface area contributed by atoms with Crippen LogP contribution in [0.1, 0.15) is 69.4 Å². The Labute approximate surface area is 201 Å². The number of thiazole rings is 1. The lowest BCUT2D eigenvalue weighted by molar-refractivity contribution is -0.132. The number of aromatic nitrogens is 2. The minimum absolute atomic E-state index is 0.131. The maximum atomic E-state index is 12.5. The maximum Gasteiger partial charge on any atom is 0.254 e. The van der Waals surface area contributed by atoms with Gasteiger partial charge in [-0.2, -0.15) is 0 Å². The van der Waals surface area contributed by atoms with E-state index in [1.165, 1.54) is 17.5 Å². The van der Waals surface area contributed by atoms with Gasteiger partial charge in [0.1, 0.15) is 6.04 Å². The number of carbonyl (C=O) groups is 2. The van der Waals surface area contributed by atoms with Crippen molar-refractivity contribution in [3.63, 3.8) is 0 Å². The third-order valence-electron chi connectivity index (χ3n) is 5.25. The Morgan fingerprint density at radius 3 is 2.62 bits per heavy atom. The number of pyridine rings is 1. The number of hydrogen-bond donors (Lipinski definition) is 3. The number of methoxy groups -OCH3 is 1. The number of amides is 2. The van der Waals surface area contributed by atoms with Gasteiger partial charge in [0.15, 0.2) is 11.2 Å². The molecule has 0 bridgehead atoms. The van der Waals surface area contributed by atoms with Gasteiger partial charge in [-0.3, -0.25) is 14.6 Å². The summed E-state index contributed by atoms with van der Waals surface area (Å²) in [6, 6.07) is 0.745. The van der Waals surface area contributed by atoms with Gasteiger partial charge in [0.25, 0.3) is 5.91 Å². The van der Waals surface area contributed by atoms with Crippen LogP contribution in [0, 0.1) is 0 Å². The molecule has 2 aromatic heterocycles. The molecule has 2 aromatic rings. The van der Waals surface area contributed by atoms with Crippen molar-refractivity contribution in [2.75, 3.05) is 12.4 Å². The van der Waals surface area contributed by atoms with E-state index in [9.17, 15) is 14.7 Å². The summed E-state index contributed by atoms with van der Waals surface area (Å²) in [5.41, 5.74) is 0.200. The van der Waals surface area contributed by atoms with Crippen molar-refractivity contribution in [2.24, 2.45) is 0 Å². The van der Waals surface area contributed by atoms with Crippen LogP contribution in [0.5, 0.6) is 0 Å². The summed E-state index contributed by atoms with van der Waals surface area (Å²) in [7, 11) is 1.73. The Morgan fingerprint density at radius 2 is 1.97 bits per heavy atom. The molecule has 1 unspecified atom stereocenters. The van der Waals surface area contributed by atoms with Crippen LogP contribution in [0.15, 0.2) is 29.1 Å². The molecule has 0 aliphatic carbocycles. The molecule has 2 rings (SSSR count). The van der Waals surface area contributed by atoms with Crippen LogP contribution in [-0.2, 0) is 14.3 Å². The minimum atomic E-state index is -1.43. The summed E-state index contributed by atoms with van der Waals surface area (Å²) >= 11 is 4.67. The van der Waals surface area contributed by atoms with E-state index in [0.29, 0.717) is 21.1 Å². The summed E-state index contributed by atoms with van der Waals surface area (Å²) in [6.45, 7) is 7.84. The van der Waals surface area contributed by atoms with Crippen LogP contribution in [0.3, 0.4) is 0 Å². The van der Waals surface area contributed by atoms with E-state index in [4.69, 9.17) is 4.74 Å². The van der Waals surface area contributed by atoms with Gasteiger partial charge in [0, 0.05) is 40.6 Å². The molecular weight excluding hydrogens is 496 g/mol. The fourth-order valence-corrected chi connectivity index (χ4v) is 4.24. The van der Waals surface area contributed by atoms with Crippen molar-refractivity contribution < 1.29 is 19.4 Å². The van der Waals surface area contributed by atoms with Crippen molar-refractivity contribution in [3.05, 3.63) is 39.6 Å². The summed E-state index contributed by atoms with van der Waals surface area (Å²) in [5.74, 6) is -0.773. The zero-order chi connectivity index (χ0) is 23.9. The van der Waals surface area contributed by atoms with E-state index in [1.807, 2.05) is 0 Å². The Kier molecular flexibility index (Phi) is 9.75. The average Bonchev–Trinajstić information content (AvgIpc) is 3.21. The second-order valence-electron chi connectivity index (χ2n) is 8.38. The molecule has 8 nitrogen and oxygen atoms in total. The van der Waals surface area contributed by atoms with Crippen LogP contribution < -0.4 is 10.6 Å². The smallest absolute Gasteiger partial charge is 0.254 e. The summed E-state index contributed by atoms with van der Waals surface area (Å²) in [5, 5.41) is 15.9. The standard InChI is InChI=1S/C22H31BrN4O4S/c1-13(7-6-8-22(3,4)31-5)17-12-25-21(32-17)27-19(29)14(2)26-20(30)18(28)15-9-16(23)11-24-10-15/h9-14,18,28H,6-8H2,1-5H3,(H,26,30)(H,25,27,29)/t13?,14-,18-/m0/s1. The monoisotopic (exact) mass is 526 g/mol. The number of hydrogen-bond acceptors (Lipinski definition) is 7. The maximum absolute atomic E-state index is 12.5. The molecule has 0 aliphatic rings. The Morgan fingerprint density at radius 1 is 1.25 bits per heavy atom. The van der Waals surface area contributed by atoms with Crippen LogP contribution in [0.4, 0.5) is 5.13 Å². The zero-order valence-electron chi connectivity index (χ0n) is 19.0. The van der Waals surface area contributed by atoms with E-state index in [1.54, 1.807) is 32.5 Å². The first-order valence-corrected chi connectivity index (χ1v) is 12.0. The molecule has 3 N–H and O–H groups in total. The topological polar surface area (TPSA) is 113 Å². The molecule has 32 heavy (non-hydrogen) atoms. The van der Waals surface area contributed by atoms with Gasteiger partial charge >= 0.3 is 0 Å². The van der Waals surface area contributed by atoms with E-state index >= 15 is 0 Å². The lowest BCUT2D eigenvalue weighted by atomic mass is 9.96. The molecule has 3 atom stereocenters. The van der Waals surface area contributed by atoms with Crippen LogP contribution in [-0.4, -0.2) is 45.6 Å². The van der Waals surface area contributed by atoms with Crippen LogP contribution in [0.25, 0.3) is 0 Å². The average molecular weight is 527 g/mol. The lowest BCUT2D eigenvalue weighted by Gasteiger charge is -2.23. The number of ether oxygens (including phenoxy) is 1. The van der Waals surface area contributed by atoms with Gasteiger partial charge in [-0.05, 0) is 67.9 Å². The summed E-state index contributed by atoms with van der Waals surface area (Å²) < 4.78 is 6.10. The van der Waals surface area contributed by atoms with Gasteiger partial charge < -0.3 is 20.5 Å². The number of rotatable bonds is 11. The van der Waals surface area contributed by atoms with Crippen LogP contribution in [0.2, 0.25) is 0 Å². The number of carbonyl (C=O) groups excluding carboxylic acids is 2. The third-order valence-corrected chi connectivity index (χ3v) is 6.83. The minimum Gasteiger partial charge on any atom is -0.379 e. The van der Waals surface area contributed by atoms with Crippen molar-refractivity contribution in [3.8, 4) is 0 Å². The quantitative estimate of drug-likeness (QED) is 0.404. The fraction of sp³-hybridized carbons (Fsp3) is 0.545. The highest BCUT2D eigenvalue weighted by Crippen LogP contribution is 2.30. The largest absolute Gasteiger partial charge is 0.379 e. The highest BCUT2D eigenvalue weighted by Gasteiger charge is 2.24. The molecular formula is C22H31BrN4O4S. The predicted octanol–water partition coefficient (Wildman–Crippen LogP) is 4.18. The summed E-state index contributed by atoms with van der Waals surface area (Å²) in [4.78, 5) is 34.1. The van der Waals surface area contributed by atoms with Gasteiger partial charge in [-0.1, -0.05) is 6.92 Å². The molecule has 176 valence electrons. The van der Waals surface area contributed by atoms with Gasteiger partial charge in [0.2, 0.25) is 5.91 Å². The number of halogens is 1. The van der Waals surface area contributed by atoms with Crippen molar-refractivity contribution in [1.29, 1.82) is 0 Å². The first-order valence-electron chi connectivity index (χ1n) is 10.4. The van der Waals surface area contributed by atoms with Crippen molar-refractivity contribution >= 4 is 44.2 Å². The van der Waals surface area contributed by atoms with E-state index in [2.05, 4.69) is 57.3 Å². The Hall–Kier alpha value is -1.88. The molecule has 0 fully saturated rings. The molecule has 10 heteroatoms. The predicted molar refractivity (Wildman–Crippen MR) is 129 cm³/mol. The molecule has 0 aliphatic heterocycles. The molecule has 0 saturated heterocycles. The Bertz CT molecular complexity index is 921. The van der Waals surface area contributed by atoms with Crippen molar-refractivity contribution in [1.82, 2.24) is 15.3 Å². The van der Waals surface area contributed by atoms with Crippen LogP contribution >= 0.6 is 27.3 Å². The molecule has 0 radical (unpaired) electrons. The highest BCUT2D eigenvalue weighted by molar-refractivity contribution is 9.10. The molecule has 0 aromatic carbocycles. The third kappa shape index (κ3) is 7.91. The first-order chi connectivity index (χ1) is 15.0. The summed E-state index contributed by atoms with van der Waals surface area (Å²) in [6.07, 6.45) is 6.29. The molecule has 2 amide bonds.